The van der Waals surface area contributed by atoms with E-state index in [1.54, 1.807) is 0 Å². The first kappa shape index (κ1) is 16.2. The molecule has 2 aliphatic heterocycles. The molecule has 0 unspecified atom stereocenters. The molecule has 25 heavy (non-hydrogen) atoms. The van der Waals surface area contributed by atoms with E-state index in [2.05, 4.69) is 60.4 Å². The highest BCUT2D eigenvalue weighted by molar-refractivity contribution is 5.97. The minimum atomic E-state index is 0.0177. The average molecular weight is 336 g/mol. The number of rotatable bonds is 3. The number of carbonyl (C=O) groups is 1. The lowest BCUT2D eigenvalue weighted by Gasteiger charge is -2.37. The van der Waals surface area contributed by atoms with Gasteiger partial charge in [0.1, 0.15) is 0 Å². The highest BCUT2D eigenvalue weighted by Gasteiger charge is 2.34. The quantitative estimate of drug-likeness (QED) is 0.917. The SMILES string of the molecule is C[C@@H](C(=O)N1CCc2ccccc21)[NH+]1CCN(c2ccccc2)CC1. The topological polar surface area (TPSA) is 28.0 Å². The van der Waals surface area contributed by atoms with E-state index < -0.39 is 0 Å². The highest BCUT2D eigenvalue weighted by Crippen LogP contribution is 2.27. The average Bonchev–Trinajstić information content (AvgIpc) is 3.12. The maximum absolute atomic E-state index is 13.1. The fourth-order valence-corrected chi connectivity index (χ4v) is 4.10. The van der Waals surface area contributed by atoms with Crippen LogP contribution in [-0.4, -0.2) is 44.7 Å². The Morgan fingerprint density at radius 1 is 0.960 bits per heavy atom. The number of piperazine rings is 1. The fraction of sp³-hybridized carbons (Fsp3) is 0.381. The second-order valence-corrected chi connectivity index (χ2v) is 7.07. The van der Waals surface area contributed by atoms with Crippen molar-refractivity contribution in [2.75, 3.05) is 42.5 Å². The molecule has 4 nitrogen and oxygen atoms in total. The second kappa shape index (κ2) is 6.89. The number of amides is 1. The first-order valence-electron chi connectivity index (χ1n) is 9.28. The molecule has 0 radical (unpaired) electrons. The summed E-state index contributed by atoms with van der Waals surface area (Å²) in [4.78, 5) is 18.9. The molecule has 0 spiro atoms. The molecule has 130 valence electrons. The van der Waals surface area contributed by atoms with Gasteiger partial charge in [-0.1, -0.05) is 36.4 Å². The number of benzene rings is 2. The minimum absolute atomic E-state index is 0.0177. The Morgan fingerprint density at radius 3 is 2.40 bits per heavy atom. The molecule has 2 heterocycles. The molecule has 1 atom stereocenters. The highest BCUT2D eigenvalue weighted by atomic mass is 16.2. The van der Waals surface area contributed by atoms with Gasteiger partial charge in [-0.3, -0.25) is 4.79 Å². The third kappa shape index (κ3) is 3.14. The summed E-state index contributed by atoms with van der Waals surface area (Å²) in [6.45, 7) is 6.96. The van der Waals surface area contributed by atoms with Gasteiger partial charge in [-0.2, -0.15) is 0 Å². The molecule has 4 heteroatoms. The molecule has 2 aromatic rings. The van der Waals surface area contributed by atoms with Crippen LogP contribution in [0.15, 0.2) is 54.6 Å². The normalized spacial score (nSPS) is 18.9. The van der Waals surface area contributed by atoms with Crippen LogP contribution >= 0.6 is 0 Å². The van der Waals surface area contributed by atoms with Gasteiger partial charge in [-0.25, -0.2) is 0 Å². The Labute approximate surface area is 149 Å². The molecule has 1 fully saturated rings. The van der Waals surface area contributed by atoms with Crippen LogP contribution in [0, 0.1) is 0 Å². The van der Waals surface area contributed by atoms with E-state index in [9.17, 15) is 4.79 Å². The maximum Gasteiger partial charge on any atom is 0.284 e. The number of hydrogen-bond acceptors (Lipinski definition) is 2. The maximum atomic E-state index is 13.1. The molecule has 1 saturated heterocycles. The van der Waals surface area contributed by atoms with Crippen molar-refractivity contribution in [1.82, 2.24) is 0 Å². The van der Waals surface area contributed by atoms with Crippen LogP contribution in [0.3, 0.4) is 0 Å². The first-order valence-corrected chi connectivity index (χ1v) is 9.28. The summed E-state index contributed by atoms with van der Waals surface area (Å²) < 4.78 is 0. The number of nitrogens with one attached hydrogen (secondary N) is 1. The van der Waals surface area contributed by atoms with Crippen LogP contribution in [0.5, 0.6) is 0 Å². The van der Waals surface area contributed by atoms with Gasteiger partial charge in [0.25, 0.3) is 5.91 Å². The van der Waals surface area contributed by atoms with Gasteiger partial charge in [0.15, 0.2) is 6.04 Å². The molecule has 1 amide bonds. The molecule has 4 rings (SSSR count). The molecule has 0 aromatic heterocycles. The van der Waals surface area contributed by atoms with Crippen LogP contribution in [0.4, 0.5) is 11.4 Å². The van der Waals surface area contributed by atoms with E-state index in [4.69, 9.17) is 0 Å². The number of quaternary nitrogens is 1. The van der Waals surface area contributed by atoms with Gasteiger partial charge in [-0.05, 0) is 37.1 Å². The summed E-state index contributed by atoms with van der Waals surface area (Å²) in [6.07, 6.45) is 0.978. The monoisotopic (exact) mass is 336 g/mol. The number of carbonyl (C=O) groups excluding carboxylic acids is 1. The van der Waals surface area contributed by atoms with Crippen LogP contribution in [0.1, 0.15) is 12.5 Å². The zero-order valence-corrected chi connectivity index (χ0v) is 14.8. The van der Waals surface area contributed by atoms with Gasteiger partial charge in [0.2, 0.25) is 0 Å². The fourth-order valence-electron chi connectivity index (χ4n) is 4.10. The number of hydrogen-bond donors (Lipinski definition) is 1. The molecular weight excluding hydrogens is 310 g/mol. The second-order valence-electron chi connectivity index (χ2n) is 7.07. The molecular formula is C21H26N3O+. The Bertz CT molecular complexity index is 738. The molecule has 1 N–H and O–H groups in total. The van der Waals surface area contributed by atoms with E-state index in [0.29, 0.717) is 0 Å². The third-order valence-corrected chi connectivity index (χ3v) is 5.66. The van der Waals surface area contributed by atoms with Crippen molar-refractivity contribution < 1.29 is 9.69 Å². The van der Waals surface area contributed by atoms with Gasteiger partial charge >= 0.3 is 0 Å². The summed E-state index contributed by atoms with van der Waals surface area (Å²) in [5, 5.41) is 0. The van der Waals surface area contributed by atoms with E-state index in [0.717, 1.165) is 44.8 Å². The Kier molecular flexibility index (Phi) is 4.45. The van der Waals surface area contributed by atoms with E-state index in [1.807, 2.05) is 11.0 Å². The summed E-state index contributed by atoms with van der Waals surface area (Å²) >= 11 is 0. The number of nitrogens with zero attached hydrogens (tertiary/aromatic N) is 2. The Balaban J connectivity index is 1.39. The Hall–Kier alpha value is -2.33. The van der Waals surface area contributed by atoms with Gasteiger partial charge in [-0.15, -0.1) is 0 Å². The predicted octanol–water partition coefficient (Wildman–Crippen LogP) is 1.37. The van der Waals surface area contributed by atoms with Crippen molar-refractivity contribution in [3.05, 3.63) is 60.2 Å². The predicted molar refractivity (Wildman–Crippen MR) is 101 cm³/mol. The standard InChI is InChI=1S/C21H25N3O/c1-17(21(25)24-12-11-18-7-5-6-10-20(18)24)22-13-15-23(16-14-22)19-8-3-2-4-9-19/h2-10,17H,11-16H2,1H3/p+1/t17-/m0/s1. The van der Waals surface area contributed by atoms with Crippen molar-refractivity contribution in [3.8, 4) is 0 Å². The third-order valence-electron chi connectivity index (χ3n) is 5.66. The van der Waals surface area contributed by atoms with Crippen molar-refractivity contribution in [1.29, 1.82) is 0 Å². The van der Waals surface area contributed by atoms with Crippen molar-refractivity contribution in [2.45, 2.75) is 19.4 Å². The van der Waals surface area contributed by atoms with Crippen LogP contribution in [0.25, 0.3) is 0 Å². The van der Waals surface area contributed by atoms with Crippen LogP contribution < -0.4 is 14.7 Å². The lowest BCUT2D eigenvalue weighted by Crippen LogP contribution is -3.19. The lowest BCUT2D eigenvalue weighted by atomic mass is 10.1. The lowest BCUT2D eigenvalue weighted by molar-refractivity contribution is -0.914. The summed E-state index contributed by atoms with van der Waals surface area (Å²) in [6, 6.07) is 18.9. The molecule has 2 aliphatic rings. The summed E-state index contributed by atoms with van der Waals surface area (Å²) in [5.41, 5.74) is 3.70. The van der Waals surface area contributed by atoms with Crippen molar-refractivity contribution in [3.63, 3.8) is 0 Å². The first-order chi connectivity index (χ1) is 12.2. The van der Waals surface area contributed by atoms with Gasteiger partial charge in [0, 0.05) is 17.9 Å². The molecule has 2 aromatic carbocycles. The number of fused-ring (bicyclic) bond motifs is 1. The summed E-state index contributed by atoms with van der Waals surface area (Å²) in [5.74, 6) is 0.271. The molecule has 0 bridgehead atoms. The summed E-state index contributed by atoms with van der Waals surface area (Å²) in [7, 11) is 0. The smallest absolute Gasteiger partial charge is 0.284 e. The van der Waals surface area contributed by atoms with E-state index >= 15 is 0 Å². The van der Waals surface area contributed by atoms with Crippen LogP contribution in [0.2, 0.25) is 0 Å². The van der Waals surface area contributed by atoms with Crippen LogP contribution in [-0.2, 0) is 11.2 Å². The molecule has 0 saturated carbocycles. The number of anilines is 2. The zero-order chi connectivity index (χ0) is 17.2. The Morgan fingerprint density at radius 2 is 1.64 bits per heavy atom. The number of para-hydroxylation sites is 2. The molecule has 0 aliphatic carbocycles. The minimum Gasteiger partial charge on any atom is -0.360 e. The van der Waals surface area contributed by atoms with Crippen molar-refractivity contribution in [2.24, 2.45) is 0 Å². The van der Waals surface area contributed by atoms with Gasteiger partial charge in [0.05, 0.1) is 26.2 Å². The van der Waals surface area contributed by atoms with E-state index in [-0.39, 0.29) is 11.9 Å². The van der Waals surface area contributed by atoms with Crippen molar-refractivity contribution >= 4 is 17.3 Å². The van der Waals surface area contributed by atoms with E-state index in [1.165, 1.54) is 16.2 Å². The largest absolute Gasteiger partial charge is 0.360 e. The zero-order valence-electron chi connectivity index (χ0n) is 14.8. The van der Waals surface area contributed by atoms with Gasteiger partial charge < -0.3 is 14.7 Å².